The molecule has 0 aliphatic carbocycles. The third kappa shape index (κ3) is 6.93. The van der Waals surface area contributed by atoms with Gasteiger partial charge in [0.2, 0.25) is 0 Å². The molecule has 4 aromatic rings. The van der Waals surface area contributed by atoms with Gasteiger partial charge in [-0.05, 0) is 101 Å². The number of benzene rings is 4. The van der Waals surface area contributed by atoms with Crippen molar-refractivity contribution in [2.24, 2.45) is 0 Å². The molecule has 0 radical (unpaired) electrons. The first-order valence-corrected chi connectivity index (χ1v) is 20.0. The molecule has 4 rings (SSSR count). The average molecular weight is 641 g/mol. The summed E-state index contributed by atoms with van der Waals surface area (Å²) in [6.07, 6.45) is 3.94. The Kier molecular flexibility index (Phi) is 11.4. The van der Waals surface area contributed by atoms with Crippen LogP contribution in [0.3, 0.4) is 0 Å². The highest BCUT2D eigenvalue weighted by Gasteiger charge is 2.48. The lowest BCUT2D eigenvalue weighted by Gasteiger charge is -2.43. The minimum atomic E-state index is -2.98. The third-order valence-electron chi connectivity index (χ3n) is 10.2. The predicted octanol–water partition coefficient (Wildman–Crippen LogP) is 11.1. The van der Waals surface area contributed by atoms with Crippen molar-refractivity contribution in [2.75, 3.05) is 0 Å². The van der Waals surface area contributed by atoms with Crippen LogP contribution >= 0.6 is 0 Å². The van der Waals surface area contributed by atoms with E-state index in [0.717, 1.165) is 11.1 Å². The van der Waals surface area contributed by atoms with Crippen LogP contribution in [0.15, 0.2) is 86.0 Å². The van der Waals surface area contributed by atoms with Crippen LogP contribution in [0.1, 0.15) is 163 Å². The predicted molar refractivity (Wildman–Crippen MR) is 215 cm³/mol. The molecule has 0 atom stereocenters. The summed E-state index contributed by atoms with van der Waals surface area (Å²) in [5.74, 6) is 2.38. The van der Waals surface area contributed by atoms with Crippen molar-refractivity contribution in [3.05, 3.63) is 130 Å². The van der Waals surface area contributed by atoms with Crippen molar-refractivity contribution in [1.82, 2.24) is 0 Å². The van der Waals surface area contributed by atoms with Gasteiger partial charge in [-0.3, -0.25) is 0 Å². The van der Waals surface area contributed by atoms with Gasteiger partial charge in [0.05, 0.1) is 0 Å². The normalized spacial score (nSPS) is 12.3. The van der Waals surface area contributed by atoms with E-state index >= 15 is 0 Å². The summed E-state index contributed by atoms with van der Waals surface area (Å²) in [6, 6.07) is 29.2. The maximum absolute atomic E-state index is 4.12. The van der Waals surface area contributed by atoms with Crippen molar-refractivity contribution in [1.29, 1.82) is 0 Å². The van der Waals surface area contributed by atoms with Crippen molar-refractivity contribution < 1.29 is 0 Å². The molecule has 0 heterocycles. The number of hydrogen-bond donors (Lipinski definition) is 0. The van der Waals surface area contributed by atoms with Crippen molar-refractivity contribution in [3.63, 3.8) is 0 Å². The van der Waals surface area contributed by atoms with Gasteiger partial charge in [0, 0.05) is 0 Å². The van der Waals surface area contributed by atoms with E-state index in [0.29, 0.717) is 35.5 Å². The summed E-state index contributed by atoms with van der Waals surface area (Å²) in [5, 5.41) is 6.06. The molecule has 0 spiro atoms. The molecular formula is C46H60Si. The summed E-state index contributed by atoms with van der Waals surface area (Å²) < 4.78 is 0. The molecule has 1 heteroatoms. The van der Waals surface area contributed by atoms with E-state index in [4.69, 9.17) is 0 Å². The molecular weight excluding hydrogens is 581 g/mol. The standard InChI is InChI=1S/C46H60Si/c1-15-35-17-21-39(22-18-35)47(40-23-19-36(16-2)20-24-40,45-41(31(7)8)25-37(29(3)4)26-42(45)32(9)10)46-43(33(11)12)27-38(30(5)6)28-44(46)34(13)14/h15-34H,1-2H2,3-14H3. The third-order valence-corrected chi connectivity index (χ3v) is 15.2. The van der Waals surface area contributed by atoms with Crippen LogP contribution < -0.4 is 20.7 Å². The van der Waals surface area contributed by atoms with Crippen LogP contribution in [-0.4, -0.2) is 8.07 Å². The van der Waals surface area contributed by atoms with Gasteiger partial charge in [-0.25, -0.2) is 0 Å². The molecule has 0 unspecified atom stereocenters. The van der Waals surface area contributed by atoms with Gasteiger partial charge >= 0.3 is 0 Å². The van der Waals surface area contributed by atoms with Crippen molar-refractivity contribution in [3.8, 4) is 0 Å². The Hall–Kier alpha value is -3.42. The second-order valence-corrected chi connectivity index (χ2v) is 19.1. The van der Waals surface area contributed by atoms with Gasteiger partial charge in [-0.15, -0.1) is 0 Å². The van der Waals surface area contributed by atoms with Gasteiger partial charge in [-0.1, -0.05) is 181 Å². The van der Waals surface area contributed by atoms with E-state index in [-0.39, 0.29) is 0 Å². The van der Waals surface area contributed by atoms with E-state index in [1.54, 1.807) is 10.4 Å². The Labute approximate surface area is 289 Å². The fourth-order valence-corrected chi connectivity index (χ4v) is 13.6. The zero-order valence-corrected chi connectivity index (χ0v) is 32.5. The fraction of sp³-hybridized carbons (Fsp3) is 0.391. The monoisotopic (exact) mass is 640 g/mol. The molecule has 0 nitrogen and oxygen atoms in total. The van der Waals surface area contributed by atoms with Crippen LogP contribution in [0.2, 0.25) is 0 Å². The highest BCUT2D eigenvalue weighted by Crippen LogP contribution is 2.33. The lowest BCUT2D eigenvalue weighted by Crippen LogP contribution is -2.77. The van der Waals surface area contributed by atoms with Gasteiger partial charge in [0.1, 0.15) is 0 Å². The Morgan fingerprint density at radius 2 is 0.660 bits per heavy atom. The number of hydrogen-bond acceptors (Lipinski definition) is 0. The average Bonchev–Trinajstić information content (AvgIpc) is 3.04. The highest BCUT2D eigenvalue weighted by molar-refractivity contribution is 7.20. The van der Waals surface area contributed by atoms with Crippen LogP contribution in [0.25, 0.3) is 12.2 Å². The summed E-state index contributed by atoms with van der Waals surface area (Å²) in [7, 11) is -2.98. The molecule has 0 saturated carbocycles. The molecule has 4 aromatic carbocycles. The second-order valence-electron chi connectivity index (χ2n) is 15.5. The second kappa shape index (κ2) is 14.8. The van der Waals surface area contributed by atoms with E-state index in [9.17, 15) is 0 Å². The lowest BCUT2D eigenvalue weighted by molar-refractivity contribution is 0.809. The molecule has 0 aromatic heterocycles. The number of rotatable bonds is 12. The minimum absolute atomic E-state index is 0.368. The maximum atomic E-state index is 4.12. The molecule has 0 amide bonds. The molecule has 0 bridgehead atoms. The molecule has 47 heavy (non-hydrogen) atoms. The Morgan fingerprint density at radius 3 is 0.851 bits per heavy atom. The Bertz CT molecular complexity index is 1500. The van der Waals surface area contributed by atoms with Crippen LogP contribution in [0.5, 0.6) is 0 Å². The first-order chi connectivity index (χ1) is 22.2. The molecule has 0 saturated heterocycles. The largest absolute Gasteiger partial charge is 0.180 e. The van der Waals surface area contributed by atoms with Gasteiger partial charge in [0.25, 0.3) is 0 Å². The van der Waals surface area contributed by atoms with Gasteiger partial charge in [-0.2, -0.15) is 0 Å². The zero-order chi connectivity index (χ0) is 34.8. The molecule has 0 fully saturated rings. The summed E-state index contributed by atoms with van der Waals surface area (Å²) in [4.78, 5) is 0. The van der Waals surface area contributed by atoms with E-state index in [1.807, 2.05) is 12.2 Å². The first kappa shape index (κ1) is 36.4. The SMILES string of the molecule is C=Cc1ccc([Si](c2ccc(C=C)cc2)(c2c(C(C)C)cc(C(C)C)cc2C(C)C)c2c(C(C)C)cc(C(C)C)cc2C(C)C)cc1. The zero-order valence-electron chi connectivity index (χ0n) is 31.5. The minimum Gasteiger partial charge on any atom is -0.0985 e. The van der Waals surface area contributed by atoms with Crippen LogP contribution in [0, 0.1) is 0 Å². The van der Waals surface area contributed by atoms with E-state index in [1.165, 1.54) is 43.8 Å². The smallest absolute Gasteiger partial charge is 0.0985 e. The first-order valence-electron chi connectivity index (χ1n) is 18.0. The maximum Gasteiger partial charge on any atom is 0.180 e. The van der Waals surface area contributed by atoms with Gasteiger partial charge < -0.3 is 0 Å². The molecule has 0 aliphatic heterocycles. The molecule has 0 N–H and O–H groups in total. The Balaban J connectivity index is 2.49. The highest BCUT2D eigenvalue weighted by atomic mass is 28.3. The summed E-state index contributed by atoms with van der Waals surface area (Å²) >= 11 is 0. The van der Waals surface area contributed by atoms with Crippen molar-refractivity contribution in [2.45, 2.75) is 119 Å². The van der Waals surface area contributed by atoms with Crippen LogP contribution in [0.4, 0.5) is 0 Å². The topological polar surface area (TPSA) is 0 Å². The van der Waals surface area contributed by atoms with Crippen LogP contribution in [-0.2, 0) is 0 Å². The summed E-state index contributed by atoms with van der Waals surface area (Å²) in [5.41, 5.74) is 11.2. The fourth-order valence-electron chi connectivity index (χ4n) is 7.39. The quantitative estimate of drug-likeness (QED) is 0.107. The van der Waals surface area contributed by atoms with Crippen molar-refractivity contribution >= 4 is 41.0 Å². The van der Waals surface area contributed by atoms with E-state index < -0.39 is 8.07 Å². The van der Waals surface area contributed by atoms with E-state index in [2.05, 4.69) is 169 Å². The van der Waals surface area contributed by atoms with Gasteiger partial charge in [0.15, 0.2) is 8.07 Å². The molecule has 0 aliphatic rings. The molecule has 248 valence electrons. The Morgan fingerprint density at radius 1 is 0.404 bits per heavy atom. The lowest BCUT2D eigenvalue weighted by atomic mass is 9.89. The summed E-state index contributed by atoms with van der Waals surface area (Å²) in [6.45, 7) is 36.8.